The van der Waals surface area contributed by atoms with E-state index >= 15 is 0 Å². The van der Waals surface area contributed by atoms with Crippen LogP contribution in [0.25, 0.3) is 0 Å². The van der Waals surface area contributed by atoms with Gasteiger partial charge in [0.15, 0.2) is 5.78 Å². The molecule has 1 aromatic rings. The summed E-state index contributed by atoms with van der Waals surface area (Å²) in [5.41, 5.74) is 0.776. The van der Waals surface area contributed by atoms with Gasteiger partial charge >= 0.3 is 0 Å². The molecule has 0 N–H and O–H groups in total. The smallest absolute Gasteiger partial charge is 0.159 e. The van der Waals surface area contributed by atoms with E-state index in [1.54, 1.807) is 18.7 Å². The Labute approximate surface area is 108 Å². The van der Waals surface area contributed by atoms with Crippen LogP contribution in [0.2, 0.25) is 0 Å². The Balaban J connectivity index is 2.31. The van der Waals surface area contributed by atoms with Crippen LogP contribution in [-0.4, -0.2) is 24.7 Å². The number of rotatable bonds is 7. The van der Waals surface area contributed by atoms with E-state index < -0.39 is 0 Å². The van der Waals surface area contributed by atoms with Gasteiger partial charge in [-0.15, -0.1) is 11.8 Å². The van der Waals surface area contributed by atoms with Crippen molar-refractivity contribution < 1.29 is 9.53 Å². The number of ketones is 1. The van der Waals surface area contributed by atoms with Crippen molar-refractivity contribution in [3.63, 3.8) is 0 Å². The lowest BCUT2D eigenvalue weighted by Crippen LogP contribution is -2.04. The van der Waals surface area contributed by atoms with E-state index in [0.717, 1.165) is 29.4 Å². The number of Topliss-reactive ketones (excluding diaryl/α,β-unsaturated/α-hetero) is 1. The predicted octanol–water partition coefficient (Wildman–Crippen LogP) is 3.65. The molecule has 2 nitrogen and oxygen atoms in total. The molecule has 17 heavy (non-hydrogen) atoms. The maximum atomic E-state index is 11.2. The summed E-state index contributed by atoms with van der Waals surface area (Å²) < 4.78 is 5.51. The minimum atomic E-state index is 0.114. The van der Waals surface area contributed by atoms with Crippen molar-refractivity contribution >= 4 is 17.5 Å². The molecule has 0 unspecified atom stereocenters. The van der Waals surface area contributed by atoms with Gasteiger partial charge in [0.1, 0.15) is 0 Å². The number of hydrogen-bond acceptors (Lipinski definition) is 3. The molecule has 0 fully saturated rings. The van der Waals surface area contributed by atoms with E-state index in [-0.39, 0.29) is 5.78 Å². The second kappa shape index (κ2) is 7.51. The average Bonchev–Trinajstić information content (AvgIpc) is 2.28. The van der Waals surface area contributed by atoms with Gasteiger partial charge in [-0.3, -0.25) is 4.79 Å². The fourth-order valence-corrected chi connectivity index (χ4v) is 2.16. The van der Waals surface area contributed by atoms with E-state index in [2.05, 4.69) is 13.8 Å². The molecule has 1 aromatic carbocycles. The summed E-state index contributed by atoms with van der Waals surface area (Å²) in [4.78, 5) is 12.3. The molecule has 0 aliphatic heterocycles. The second-order valence-corrected chi connectivity index (χ2v) is 5.57. The molecule has 0 atom stereocenters. The fraction of sp³-hybridized carbons (Fsp3) is 0.500. The van der Waals surface area contributed by atoms with Crippen molar-refractivity contribution in [3.8, 4) is 0 Å². The van der Waals surface area contributed by atoms with Gasteiger partial charge in [0.05, 0.1) is 6.61 Å². The first-order valence-electron chi connectivity index (χ1n) is 5.91. The Bertz CT molecular complexity index is 361. The molecule has 3 heteroatoms. The standard InChI is InChI=1S/C14H20O2S/c1-11(2)10-16-7-8-17-14-6-4-5-13(9-14)12(3)15/h4-6,9,11H,7-8,10H2,1-3H3. The number of thioether (sulfide) groups is 1. The van der Waals surface area contributed by atoms with Crippen LogP contribution in [0.5, 0.6) is 0 Å². The van der Waals surface area contributed by atoms with Crippen LogP contribution in [0.4, 0.5) is 0 Å². The molecule has 0 saturated carbocycles. The van der Waals surface area contributed by atoms with Crippen molar-refractivity contribution in [2.24, 2.45) is 5.92 Å². The third-order valence-electron chi connectivity index (χ3n) is 2.19. The van der Waals surface area contributed by atoms with Crippen LogP contribution in [0.1, 0.15) is 31.1 Å². The first-order chi connectivity index (χ1) is 8.09. The van der Waals surface area contributed by atoms with Crippen LogP contribution in [0, 0.1) is 5.92 Å². The van der Waals surface area contributed by atoms with Gasteiger partial charge < -0.3 is 4.74 Å². The highest BCUT2D eigenvalue weighted by Crippen LogP contribution is 2.19. The predicted molar refractivity (Wildman–Crippen MR) is 72.8 cm³/mol. The first-order valence-corrected chi connectivity index (χ1v) is 6.89. The van der Waals surface area contributed by atoms with Gasteiger partial charge in [-0.1, -0.05) is 26.0 Å². The molecule has 94 valence electrons. The van der Waals surface area contributed by atoms with E-state index in [9.17, 15) is 4.79 Å². The molecule has 0 aliphatic carbocycles. The molecule has 0 bridgehead atoms. The Kier molecular flexibility index (Phi) is 6.30. The highest BCUT2D eigenvalue weighted by Gasteiger charge is 2.01. The highest BCUT2D eigenvalue weighted by molar-refractivity contribution is 7.99. The zero-order valence-electron chi connectivity index (χ0n) is 10.7. The van der Waals surface area contributed by atoms with Crippen LogP contribution < -0.4 is 0 Å². The molecular formula is C14H20O2S. The SMILES string of the molecule is CC(=O)c1cccc(SCCOCC(C)C)c1. The zero-order valence-corrected chi connectivity index (χ0v) is 11.5. The van der Waals surface area contributed by atoms with Gasteiger partial charge in [0.25, 0.3) is 0 Å². The fourth-order valence-electron chi connectivity index (χ4n) is 1.34. The summed E-state index contributed by atoms with van der Waals surface area (Å²) in [6, 6.07) is 7.74. The van der Waals surface area contributed by atoms with Gasteiger partial charge in [0, 0.05) is 22.8 Å². The Morgan fingerprint density at radius 3 is 2.82 bits per heavy atom. The number of benzene rings is 1. The quantitative estimate of drug-likeness (QED) is 0.421. The molecule has 0 heterocycles. The Hall–Kier alpha value is -0.800. The molecule has 0 radical (unpaired) electrons. The minimum Gasteiger partial charge on any atom is -0.380 e. The van der Waals surface area contributed by atoms with Crippen LogP contribution in [0.3, 0.4) is 0 Å². The van der Waals surface area contributed by atoms with Gasteiger partial charge in [-0.25, -0.2) is 0 Å². The summed E-state index contributed by atoms with van der Waals surface area (Å²) in [6.07, 6.45) is 0. The van der Waals surface area contributed by atoms with Crippen molar-refractivity contribution in [1.82, 2.24) is 0 Å². The largest absolute Gasteiger partial charge is 0.380 e. The maximum absolute atomic E-state index is 11.2. The lowest BCUT2D eigenvalue weighted by atomic mass is 10.2. The molecule has 0 spiro atoms. The number of carbonyl (C=O) groups excluding carboxylic acids is 1. The number of hydrogen-bond donors (Lipinski definition) is 0. The zero-order chi connectivity index (χ0) is 12.7. The summed E-state index contributed by atoms with van der Waals surface area (Å²) >= 11 is 1.73. The molecule has 0 saturated heterocycles. The summed E-state index contributed by atoms with van der Waals surface area (Å²) in [5, 5.41) is 0. The normalized spacial score (nSPS) is 10.8. The third-order valence-corrected chi connectivity index (χ3v) is 3.15. The van der Waals surface area contributed by atoms with Gasteiger partial charge in [0.2, 0.25) is 0 Å². The van der Waals surface area contributed by atoms with Crippen molar-refractivity contribution in [3.05, 3.63) is 29.8 Å². The third kappa shape index (κ3) is 5.89. The summed E-state index contributed by atoms with van der Waals surface area (Å²) in [5.74, 6) is 1.62. The molecule has 0 aromatic heterocycles. The molecule has 0 aliphatic rings. The van der Waals surface area contributed by atoms with E-state index in [1.165, 1.54) is 0 Å². The summed E-state index contributed by atoms with van der Waals surface area (Å²) in [7, 11) is 0. The second-order valence-electron chi connectivity index (χ2n) is 4.40. The van der Waals surface area contributed by atoms with Crippen LogP contribution in [-0.2, 0) is 4.74 Å². The van der Waals surface area contributed by atoms with Gasteiger partial charge in [-0.05, 0) is 25.0 Å². The number of ether oxygens (including phenoxy) is 1. The lowest BCUT2D eigenvalue weighted by molar-refractivity contribution is 0.101. The molecule has 0 amide bonds. The number of carbonyl (C=O) groups is 1. The Morgan fingerprint density at radius 1 is 1.41 bits per heavy atom. The maximum Gasteiger partial charge on any atom is 0.159 e. The summed E-state index contributed by atoms with van der Waals surface area (Å²) in [6.45, 7) is 7.45. The molecular weight excluding hydrogens is 232 g/mol. The lowest BCUT2D eigenvalue weighted by Gasteiger charge is -2.07. The van der Waals surface area contributed by atoms with Crippen LogP contribution in [0.15, 0.2) is 29.2 Å². The van der Waals surface area contributed by atoms with Crippen molar-refractivity contribution in [2.45, 2.75) is 25.7 Å². The molecule has 1 rings (SSSR count). The van der Waals surface area contributed by atoms with E-state index in [1.807, 2.05) is 24.3 Å². The minimum absolute atomic E-state index is 0.114. The average molecular weight is 252 g/mol. The van der Waals surface area contributed by atoms with Crippen molar-refractivity contribution in [2.75, 3.05) is 19.0 Å². The first kappa shape index (κ1) is 14.3. The Morgan fingerprint density at radius 2 is 2.18 bits per heavy atom. The van der Waals surface area contributed by atoms with E-state index in [4.69, 9.17) is 4.74 Å². The van der Waals surface area contributed by atoms with Gasteiger partial charge in [-0.2, -0.15) is 0 Å². The monoisotopic (exact) mass is 252 g/mol. The van der Waals surface area contributed by atoms with E-state index in [0.29, 0.717) is 5.92 Å². The van der Waals surface area contributed by atoms with Crippen molar-refractivity contribution in [1.29, 1.82) is 0 Å². The highest BCUT2D eigenvalue weighted by atomic mass is 32.2. The topological polar surface area (TPSA) is 26.3 Å². The van der Waals surface area contributed by atoms with Crippen LogP contribution >= 0.6 is 11.8 Å².